The zero-order valence-electron chi connectivity index (χ0n) is 10.6. The molecule has 2 fully saturated rings. The highest BCUT2D eigenvalue weighted by molar-refractivity contribution is 5.30. The van der Waals surface area contributed by atoms with E-state index in [2.05, 4.69) is 21.1 Å². The average molecular weight is 245 g/mol. The highest BCUT2D eigenvalue weighted by atomic mass is 16.4. The summed E-state index contributed by atoms with van der Waals surface area (Å²) in [4.78, 5) is 6.58. The van der Waals surface area contributed by atoms with Crippen molar-refractivity contribution in [3.63, 3.8) is 0 Å². The quantitative estimate of drug-likeness (QED) is 0.743. The van der Waals surface area contributed by atoms with E-state index >= 15 is 0 Å². The van der Waals surface area contributed by atoms with E-state index in [1.54, 1.807) is 6.26 Å². The fraction of sp³-hybridized carbons (Fsp3) is 0.643. The average Bonchev–Trinajstić information content (AvgIpc) is 3.28. The zero-order chi connectivity index (χ0) is 12.4. The number of aromatic nitrogens is 1. The van der Waals surface area contributed by atoms with Crippen LogP contribution < -0.4 is 10.2 Å². The minimum atomic E-state index is 0.576. The Bertz CT molecular complexity index is 440. The molecule has 1 aromatic rings. The zero-order valence-corrected chi connectivity index (χ0v) is 10.6. The SMILES string of the molecule is C#CCN(CC1CC1)c1nc(CNC2CC2)co1. The lowest BCUT2D eigenvalue weighted by molar-refractivity contribution is 0.533. The first-order chi connectivity index (χ1) is 8.85. The first kappa shape index (κ1) is 11.6. The van der Waals surface area contributed by atoms with Gasteiger partial charge in [0.05, 0.1) is 12.2 Å². The van der Waals surface area contributed by atoms with Crippen molar-refractivity contribution in [3.8, 4) is 12.3 Å². The normalized spacial score (nSPS) is 18.6. The smallest absolute Gasteiger partial charge is 0.298 e. The summed E-state index contributed by atoms with van der Waals surface area (Å²) in [5.74, 6) is 3.46. The molecule has 1 aromatic heterocycles. The van der Waals surface area contributed by atoms with E-state index in [0.29, 0.717) is 18.6 Å². The van der Waals surface area contributed by atoms with Gasteiger partial charge in [-0.05, 0) is 31.6 Å². The molecule has 0 radical (unpaired) electrons. The Balaban J connectivity index is 1.59. The molecule has 0 amide bonds. The van der Waals surface area contributed by atoms with Gasteiger partial charge < -0.3 is 14.6 Å². The Morgan fingerprint density at radius 3 is 2.94 bits per heavy atom. The highest BCUT2D eigenvalue weighted by Gasteiger charge is 2.26. The molecule has 4 heteroatoms. The lowest BCUT2D eigenvalue weighted by atomic mass is 10.4. The molecular formula is C14H19N3O. The maximum atomic E-state index is 5.54. The molecule has 18 heavy (non-hydrogen) atoms. The molecule has 0 aromatic carbocycles. The minimum absolute atomic E-state index is 0.576. The molecule has 4 nitrogen and oxygen atoms in total. The minimum Gasteiger partial charge on any atom is -0.432 e. The second-order valence-corrected chi connectivity index (χ2v) is 5.30. The number of nitrogens with one attached hydrogen (secondary N) is 1. The van der Waals surface area contributed by atoms with E-state index in [1.165, 1.54) is 25.7 Å². The van der Waals surface area contributed by atoms with Crippen molar-refractivity contribution >= 4 is 6.01 Å². The third-order valence-corrected chi connectivity index (χ3v) is 3.42. The van der Waals surface area contributed by atoms with Gasteiger partial charge in [0, 0.05) is 19.1 Å². The van der Waals surface area contributed by atoms with E-state index in [9.17, 15) is 0 Å². The Labute approximate surface area is 108 Å². The second kappa shape index (κ2) is 5.03. The largest absolute Gasteiger partial charge is 0.432 e. The van der Waals surface area contributed by atoms with Crippen LogP contribution in [0.1, 0.15) is 31.4 Å². The molecule has 2 aliphatic rings. The predicted molar refractivity (Wildman–Crippen MR) is 70.1 cm³/mol. The van der Waals surface area contributed by atoms with Gasteiger partial charge in [-0.3, -0.25) is 0 Å². The van der Waals surface area contributed by atoms with Crippen LogP contribution in [0.25, 0.3) is 0 Å². The molecule has 0 spiro atoms. The van der Waals surface area contributed by atoms with Crippen LogP contribution in [-0.2, 0) is 6.54 Å². The summed E-state index contributed by atoms with van der Waals surface area (Å²) in [6, 6.07) is 1.37. The number of nitrogens with zero attached hydrogens (tertiary/aromatic N) is 2. The fourth-order valence-electron chi connectivity index (χ4n) is 1.99. The van der Waals surface area contributed by atoms with E-state index in [-0.39, 0.29) is 0 Å². The molecule has 0 unspecified atom stereocenters. The monoisotopic (exact) mass is 245 g/mol. The number of terminal acetylenes is 1. The van der Waals surface area contributed by atoms with Crippen molar-refractivity contribution in [3.05, 3.63) is 12.0 Å². The van der Waals surface area contributed by atoms with Crippen LogP contribution in [0.3, 0.4) is 0 Å². The van der Waals surface area contributed by atoms with E-state index in [0.717, 1.165) is 24.7 Å². The molecule has 0 atom stereocenters. The van der Waals surface area contributed by atoms with E-state index in [4.69, 9.17) is 10.8 Å². The molecule has 2 aliphatic carbocycles. The maximum Gasteiger partial charge on any atom is 0.298 e. The molecule has 0 bridgehead atoms. The van der Waals surface area contributed by atoms with Crippen molar-refractivity contribution < 1.29 is 4.42 Å². The van der Waals surface area contributed by atoms with Crippen molar-refractivity contribution in [2.45, 2.75) is 38.3 Å². The van der Waals surface area contributed by atoms with Crippen LogP contribution in [0.15, 0.2) is 10.7 Å². The van der Waals surface area contributed by atoms with Gasteiger partial charge in [-0.1, -0.05) is 5.92 Å². The molecule has 3 rings (SSSR count). The summed E-state index contributed by atoms with van der Waals surface area (Å²) in [6.45, 7) is 2.34. The Morgan fingerprint density at radius 2 is 2.28 bits per heavy atom. The van der Waals surface area contributed by atoms with E-state index in [1.807, 2.05) is 0 Å². The number of rotatable bonds is 7. The Morgan fingerprint density at radius 1 is 1.44 bits per heavy atom. The van der Waals surface area contributed by atoms with Gasteiger partial charge in [-0.15, -0.1) is 6.42 Å². The van der Waals surface area contributed by atoms with Crippen molar-refractivity contribution in [2.24, 2.45) is 5.92 Å². The molecular weight excluding hydrogens is 226 g/mol. The number of oxazole rings is 1. The van der Waals surface area contributed by atoms with Gasteiger partial charge in [0.2, 0.25) is 0 Å². The van der Waals surface area contributed by atoms with Gasteiger partial charge in [0.1, 0.15) is 6.26 Å². The van der Waals surface area contributed by atoms with E-state index < -0.39 is 0 Å². The Kier molecular flexibility index (Phi) is 3.24. The van der Waals surface area contributed by atoms with Crippen LogP contribution >= 0.6 is 0 Å². The second-order valence-electron chi connectivity index (χ2n) is 5.30. The van der Waals surface area contributed by atoms with Gasteiger partial charge >= 0.3 is 0 Å². The molecule has 2 saturated carbocycles. The number of hydrogen-bond acceptors (Lipinski definition) is 4. The molecule has 0 aliphatic heterocycles. The van der Waals surface area contributed by atoms with Crippen LogP contribution in [0.5, 0.6) is 0 Å². The lowest BCUT2D eigenvalue weighted by Gasteiger charge is -2.16. The molecule has 96 valence electrons. The standard InChI is InChI=1S/C14H19N3O/c1-2-7-17(9-11-3-4-11)14-16-13(10-18-14)8-15-12-5-6-12/h1,10-12,15H,3-9H2. The van der Waals surface area contributed by atoms with Crippen LogP contribution in [-0.4, -0.2) is 24.1 Å². The maximum absolute atomic E-state index is 5.54. The topological polar surface area (TPSA) is 41.3 Å². The number of anilines is 1. The summed E-state index contributed by atoms with van der Waals surface area (Å²) in [5.41, 5.74) is 0.967. The number of hydrogen-bond donors (Lipinski definition) is 1. The van der Waals surface area contributed by atoms with Gasteiger partial charge in [0.25, 0.3) is 6.01 Å². The summed E-state index contributed by atoms with van der Waals surface area (Å²) >= 11 is 0. The van der Waals surface area contributed by atoms with Crippen LogP contribution in [0.4, 0.5) is 6.01 Å². The van der Waals surface area contributed by atoms with Crippen LogP contribution in [0.2, 0.25) is 0 Å². The lowest BCUT2D eigenvalue weighted by Crippen LogP contribution is -2.26. The van der Waals surface area contributed by atoms with Gasteiger partial charge in [-0.2, -0.15) is 4.98 Å². The Hall–Kier alpha value is -1.47. The van der Waals surface area contributed by atoms with Crippen LogP contribution in [0, 0.1) is 18.3 Å². The summed E-state index contributed by atoms with van der Waals surface area (Å²) in [7, 11) is 0. The molecule has 0 saturated heterocycles. The highest BCUT2D eigenvalue weighted by Crippen LogP contribution is 2.31. The molecule has 1 N–H and O–H groups in total. The third-order valence-electron chi connectivity index (χ3n) is 3.42. The summed E-state index contributed by atoms with van der Waals surface area (Å²) in [6.07, 6.45) is 12.3. The summed E-state index contributed by atoms with van der Waals surface area (Å²) < 4.78 is 5.54. The summed E-state index contributed by atoms with van der Waals surface area (Å²) in [5, 5.41) is 3.43. The van der Waals surface area contributed by atoms with Crippen molar-refractivity contribution in [1.29, 1.82) is 0 Å². The molecule has 1 heterocycles. The van der Waals surface area contributed by atoms with Crippen molar-refractivity contribution in [1.82, 2.24) is 10.3 Å². The first-order valence-corrected chi connectivity index (χ1v) is 6.71. The predicted octanol–water partition coefficient (Wildman–Crippen LogP) is 1.78. The third kappa shape index (κ3) is 3.05. The van der Waals surface area contributed by atoms with Crippen molar-refractivity contribution in [2.75, 3.05) is 18.0 Å². The first-order valence-electron chi connectivity index (χ1n) is 6.71. The fourth-order valence-corrected chi connectivity index (χ4v) is 1.99. The van der Waals surface area contributed by atoms with Gasteiger partial charge in [-0.25, -0.2) is 0 Å². The van der Waals surface area contributed by atoms with Gasteiger partial charge in [0.15, 0.2) is 0 Å².